The zero-order valence-corrected chi connectivity index (χ0v) is 13.7. The van der Waals surface area contributed by atoms with E-state index in [0.29, 0.717) is 29.2 Å². The molecular formula is C18H14BFN5O+. The topological polar surface area (TPSA) is 66.3 Å². The van der Waals surface area contributed by atoms with Crippen LogP contribution in [0.15, 0.2) is 61.1 Å². The number of aromatic nitrogens is 4. The molecular weight excluding hydrogens is 332 g/mol. The number of benzene rings is 1. The highest BCUT2D eigenvalue weighted by Crippen LogP contribution is 2.22. The van der Waals surface area contributed by atoms with E-state index in [2.05, 4.69) is 15.4 Å². The third kappa shape index (κ3) is 3.09. The van der Waals surface area contributed by atoms with E-state index in [1.165, 1.54) is 24.5 Å². The normalized spacial score (nSPS) is 11.0. The van der Waals surface area contributed by atoms with Gasteiger partial charge >= 0.3 is 0 Å². The SMILES string of the molecule is [B]c1cnn2c(NCc3ccc[n+](O)c3)cc(-c3ccc(F)cc3)nc12. The molecule has 0 spiro atoms. The third-order valence-corrected chi connectivity index (χ3v) is 3.96. The second-order valence-electron chi connectivity index (χ2n) is 5.81. The lowest BCUT2D eigenvalue weighted by Gasteiger charge is -2.11. The summed E-state index contributed by atoms with van der Waals surface area (Å²) in [6.45, 7) is 0.461. The van der Waals surface area contributed by atoms with E-state index in [1.807, 2.05) is 12.1 Å². The van der Waals surface area contributed by atoms with Gasteiger partial charge in [-0.2, -0.15) is 9.61 Å². The third-order valence-electron chi connectivity index (χ3n) is 3.96. The van der Waals surface area contributed by atoms with Gasteiger partial charge in [-0.1, -0.05) is 0 Å². The molecule has 0 unspecified atom stereocenters. The Bertz CT molecular complexity index is 1080. The summed E-state index contributed by atoms with van der Waals surface area (Å²) in [6.07, 6.45) is 4.67. The van der Waals surface area contributed by atoms with Gasteiger partial charge in [0, 0.05) is 40.7 Å². The zero-order valence-electron chi connectivity index (χ0n) is 13.7. The average Bonchev–Trinajstić information content (AvgIpc) is 3.02. The fourth-order valence-electron chi connectivity index (χ4n) is 2.68. The van der Waals surface area contributed by atoms with E-state index in [0.717, 1.165) is 15.9 Å². The number of anilines is 1. The Labute approximate surface area is 149 Å². The van der Waals surface area contributed by atoms with Crippen LogP contribution in [0, 0.1) is 5.82 Å². The average molecular weight is 346 g/mol. The molecule has 1 aromatic carbocycles. The van der Waals surface area contributed by atoms with Crippen LogP contribution in [0.1, 0.15) is 5.56 Å². The predicted molar refractivity (Wildman–Crippen MR) is 94.9 cm³/mol. The minimum Gasteiger partial charge on any atom is -0.366 e. The second kappa shape index (κ2) is 6.47. The highest BCUT2D eigenvalue weighted by molar-refractivity contribution is 6.36. The van der Waals surface area contributed by atoms with Gasteiger partial charge in [0.05, 0.1) is 5.69 Å². The molecule has 126 valence electrons. The Balaban J connectivity index is 1.74. The molecule has 0 bridgehead atoms. The van der Waals surface area contributed by atoms with E-state index in [4.69, 9.17) is 7.85 Å². The van der Waals surface area contributed by atoms with Gasteiger partial charge in [0.2, 0.25) is 12.4 Å². The lowest BCUT2D eigenvalue weighted by molar-refractivity contribution is -0.905. The van der Waals surface area contributed by atoms with Crippen LogP contribution in [0.2, 0.25) is 0 Å². The molecule has 3 heterocycles. The van der Waals surface area contributed by atoms with E-state index in [-0.39, 0.29) is 5.82 Å². The summed E-state index contributed by atoms with van der Waals surface area (Å²) in [4.78, 5) is 4.53. The van der Waals surface area contributed by atoms with Crippen molar-refractivity contribution in [3.05, 3.63) is 72.4 Å². The van der Waals surface area contributed by atoms with Crippen molar-refractivity contribution >= 4 is 24.8 Å². The summed E-state index contributed by atoms with van der Waals surface area (Å²) in [5.41, 5.74) is 3.26. The number of pyridine rings is 1. The van der Waals surface area contributed by atoms with Crippen molar-refractivity contribution in [1.29, 1.82) is 0 Å². The lowest BCUT2D eigenvalue weighted by atomic mass is 10.0. The molecule has 2 radical (unpaired) electrons. The number of halogens is 1. The van der Waals surface area contributed by atoms with Crippen LogP contribution in [0.3, 0.4) is 0 Å². The Morgan fingerprint density at radius 2 is 2.04 bits per heavy atom. The number of hydrogen-bond acceptors (Lipinski definition) is 4. The number of hydrogen-bond donors (Lipinski definition) is 2. The fourth-order valence-corrected chi connectivity index (χ4v) is 2.68. The molecule has 8 heteroatoms. The van der Waals surface area contributed by atoms with Crippen LogP contribution >= 0.6 is 0 Å². The van der Waals surface area contributed by atoms with Gasteiger partial charge in [0.25, 0.3) is 0 Å². The number of rotatable bonds is 4. The standard InChI is InChI=1S/C18H14BFN5O/c19-15-10-22-25-17(21-9-12-2-1-7-24(26)11-12)8-16(23-18(15)25)13-3-5-14(20)6-4-13/h1-8,10-11,21,26H,9H2/q+1. The summed E-state index contributed by atoms with van der Waals surface area (Å²) in [7, 11) is 5.97. The van der Waals surface area contributed by atoms with Crippen LogP contribution < -0.4 is 15.5 Å². The minimum atomic E-state index is -0.307. The Morgan fingerprint density at radius 1 is 1.23 bits per heavy atom. The molecule has 0 atom stereocenters. The van der Waals surface area contributed by atoms with Crippen LogP contribution in [-0.4, -0.2) is 27.7 Å². The summed E-state index contributed by atoms with van der Waals surface area (Å²) in [6, 6.07) is 11.6. The van der Waals surface area contributed by atoms with E-state index in [9.17, 15) is 9.60 Å². The fraction of sp³-hybridized carbons (Fsp3) is 0.0556. The van der Waals surface area contributed by atoms with Crippen LogP contribution in [0.4, 0.5) is 10.2 Å². The molecule has 0 aliphatic rings. The monoisotopic (exact) mass is 346 g/mol. The highest BCUT2D eigenvalue weighted by atomic mass is 19.1. The van der Waals surface area contributed by atoms with E-state index >= 15 is 0 Å². The molecule has 0 fully saturated rings. The first-order valence-electron chi connectivity index (χ1n) is 7.94. The minimum absolute atomic E-state index is 0.307. The molecule has 4 aromatic rings. The Morgan fingerprint density at radius 3 is 2.81 bits per heavy atom. The maximum Gasteiger partial charge on any atom is 0.227 e. The molecule has 0 aliphatic heterocycles. The van der Waals surface area contributed by atoms with Crippen molar-refractivity contribution in [3.8, 4) is 11.3 Å². The summed E-state index contributed by atoms with van der Waals surface area (Å²) in [5, 5.41) is 17.0. The second-order valence-corrected chi connectivity index (χ2v) is 5.81. The van der Waals surface area contributed by atoms with E-state index in [1.54, 1.807) is 28.9 Å². The van der Waals surface area contributed by atoms with Gasteiger partial charge in [-0.05, 0) is 35.8 Å². The first-order chi connectivity index (χ1) is 12.6. The van der Waals surface area contributed by atoms with Crippen molar-refractivity contribution in [2.24, 2.45) is 0 Å². The first kappa shape index (κ1) is 16.1. The molecule has 26 heavy (non-hydrogen) atoms. The van der Waals surface area contributed by atoms with Gasteiger partial charge in [-0.3, -0.25) is 5.21 Å². The largest absolute Gasteiger partial charge is 0.366 e. The number of fused-ring (bicyclic) bond motifs is 1. The first-order valence-corrected chi connectivity index (χ1v) is 7.94. The molecule has 2 N–H and O–H groups in total. The molecule has 0 amide bonds. The zero-order chi connectivity index (χ0) is 18.1. The van der Waals surface area contributed by atoms with Gasteiger partial charge in [-0.15, -0.1) is 0 Å². The molecule has 0 saturated heterocycles. The van der Waals surface area contributed by atoms with Crippen molar-refractivity contribution in [3.63, 3.8) is 0 Å². The van der Waals surface area contributed by atoms with Gasteiger partial charge in [0.15, 0.2) is 5.65 Å². The van der Waals surface area contributed by atoms with Gasteiger partial charge < -0.3 is 5.32 Å². The van der Waals surface area contributed by atoms with Gasteiger partial charge in [0.1, 0.15) is 19.5 Å². The number of nitrogens with one attached hydrogen (secondary N) is 1. The maximum absolute atomic E-state index is 13.2. The number of nitrogens with zero attached hydrogens (tertiary/aromatic N) is 4. The van der Waals surface area contributed by atoms with Crippen molar-refractivity contribution in [2.45, 2.75) is 6.54 Å². The molecule has 0 saturated carbocycles. The molecule has 4 rings (SSSR count). The summed E-state index contributed by atoms with van der Waals surface area (Å²) in [5.74, 6) is 0.373. The van der Waals surface area contributed by atoms with Gasteiger partial charge in [-0.25, -0.2) is 9.37 Å². The van der Waals surface area contributed by atoms with Crippen LogP contribution in [0.5, 0.6) is 0 Å². The smallest absolute Gasteiger partial charge is 0.227 e. The summed E-state index contributed by atoms with van der Waals surface area (Å²) >= 11 is 0. The lowest BCUT2D eigenvalue weighted by Crippen LogP contribution is -2.29. The maximum atomic E-state index is 13.2. The van der Waals surface area contributed by atoms with Crippen LogP contribution in [-0.2, 0) is 6.54 Å². The van der Waals surface area contributed by atoms with Crippen molar-refractivity contribution in [2.75, 3.05) is 5.32 Å². The summed E-state index contributed by atoms with van der Waals surface area (Å²) < 4.78 is 15.8. The molecule has 6 nitrogen and oxygen atoms in total. The Kier molecular flexibility index (Phi) is 4.00. The van der Waals surface area contributed by atoms with Crippen molar-refractivity contribution < 1.29 is 14.3 Å². The molecule has 0 aliphatic carbocycles. The van der Waals surface area contributed by atoms with Crippen LogP contribution in [0.25, 0.3) is 16.9 Å². The highest BCUT2D eigenvalue weighted by Gasteiger charge is 2.11. The Hall–Kier alpha value is -3.42. The molecule has 3 aromatic heterocycles. The quantitative estimate of drug-likeness (QED) is 0.334. The predicted octanol–water partition coefficient (Wildman–Crippen LogP) is 1.47. The van der Waals surface area contributed by atoms with Crippen molar-refractivity contribution in [1.82, 2.24) is 14.6 Å². The van der Waals surface area contributed by atoms with E-state index < -0.39 is 0 Å².